The SMILES string of the molecule is CC1CC(CN)CN1CC(=O)N1CCCC(C(N)=O)C1.Cl. The van der Waals surface area contributed by atoms with E-state index < -0.39 is 0 Å². The van der Waals surface area contributed by atoms with Gasteiger partial charge in [0, 0.05) is 25.7 Å². The van der Waals surface area contributed by atoms with Crippen molar-refractivity contribution in [3.8, 4) is 0 Å². The molecule has 3 unspecified atom stereocenters. The largest absolute Gasteiger partial charge is 0.369 e. The first-order chi connectivity index (χ1) is 9.51. The zero-order chi connectivity index (χ0) is 14.7. The normalized spacial score (nSPS) is 30.0. The summed E-state index contributed by atoms with van der Waals surface area (Å²) in [6.45, 7) is 5.38. The first kappa shape index (κ1) is 18.2. The van der Waals surface area contributed by atoms with Gasteiger partial charge in [0.1, 0.15) is 0 Å². The van der Waals surface area contributed by atoms with E-state index >= 15 is 0 Å². The van der Waals surface area contributed by atoms with Crippen LogP contribution in [0.25, 0.3) is 0 Å². The van der Waals surface area contributed by atoms with Crippen LogP contribution in [0.3, 0.4) is 0 Å². The molecule has 0 radical (unpaired) electrons. The lowest BCUT2D eigenvalue weighted by atomic mass is 9.97. The van der Waals surface area contributed by atoms with Crippen molar-refractivity contribution < 1.29 is 9.59 Å². The van der Waals surface area contributed by atoms with E-state index in [9.17, 15) is 9.59 Å². The minimum atomic E-state index is -0.291. The van der Waals surface area contributed by atoms with E-state index in [1.807, 2.05) is 0 Å². The van der Waals surface area contributed by atoms with Crippen LogP contribution in [0.15, 0.2) is 0 Å². The highest BCUT2D eigenvalue weighted by Crippen LogP contribution is 2.22. The number of nitrogens with two attached hydrogens (primary N) is 2. The van der Waals surface area contributed by atoms with Crippen LogP contribution >= 0.6 is 12.4 Å². The summed E-state index contributed by atoms with van der Waals surface area (Å²) in [4.78, 5) is 27.6. The number of hydrogen-bond donors (Lipinski definition) is 2. The molecule has 2 heterocycles. The maximum Gasteiger partial charge on any atom is 0.236 e. The Hall–Kier alpha value is -0.850. The van der Waals surface area contributed by atoms with E-state index in [-0.39, 0.29) is 30.1 Å². The second-order valence-corrected chi connectivity index (χ2v) is 6.20. The number of primary amides is 1. The zero-order valence-corrected chi connectivity index (χ0v) is 13.5. The van der Waals surface area contributed by atoms with Crippen molar-refractivity contribution in [2.24, 2.45) is 23.3 Å². The summed E-state index contributed by atoms with van der Waals surface area (Å²) in [6, 6.07) is 0.407. The van der Waals surface area contributed by atoms with Gasteiger partial charge >= 0.3 is 0 Å². The third-order valence-corrected chi connectivity index (χ3v) is 4.64. The van der Waals surface area contributed by atoms with Crippen molar-refractivity contribution in [1.82, 2.24) is 9.80 Å². The maximum absolute atomic E-state index is 12.4. The highest BCUT2D eigenvalue weighted by Gasteiger charge is 2.32. The van der Waals surface area contributed by atoms with Gasteiger partial charge in [0.15, 0.2) is 0 Å². The van der Waals surface area contributed by atoms with E-state index in [4.69, 9.17) is 11.5 Å². The lowest BCUT2D eigenvalue weighted by molar-refractivity contribution is -0.136. The smallest absolute Gasteiger partial charge is 0.236 e. The summed E-state index contributed by atoms with van der Waals surface area (Å²) in [5, 5.41) is 0. The number of carbonyl (C=O) groups excluding carboxylic acids is 2. The van der Waals surface area contributed by atoms with Crippen molar-refractivity contribution in [3.05, 3.63) is 0 Å². The van der Waals surface area contributed by atoms with E-state index in [1.165, 1.54) is 0 Å². The van der Waals surface area contributed by atoms with Crippen LogP contribution < -0.4 is 11.5 Å². The van der Waals surface area contributed by atoms with Crippen LogP contribution in [0, 0.1) is 11.8 Å². The van der Waals surface area contributed by atoms with Gasteiger partial charge in [-0.05, 0) is 38.6 Å². The summed E-state index contributed by atoms with van der Waals surface area (Å²) in [5.41, 5.74) is 11.1. The third kappa shape index (κ3) is 4.56. The van der Waals surface area contributed by atoms with Gasteiger partial charge in [-0.3, -0.25) is 14.5 Å². The molecule has 122 valence electrons. The fourth-order valence-electron chi connectivity index (χ4n) is 3.32. The van der Waals surface area contributed by atoms with Crippen molar-refractivity contribution >= 4 is 24.2 Å². The number of rotatable bonds is 4. The number of amides is 2. The first-order valence-corrected chi connectivity index (χ1v) is 7.52. The molecular formula is C14H27ClN4O2. The molecule has 2 rings (SSSR count). The van der Waals surface area contributed by atoms with E-state index in [0.717, 1.165) is 32.4 Å². The number of likely N-dealkylation sites (tertiary alicyclic amines) is 2. The Morgan fingerprint density at radius 1 is 1.29 bits per heavy atom. The van der Waals surface area contributed by atoms with Crippen LogP contribution in [-0.2, 0) is 9.59 Å². The minimum Gasteiger partial charge on any atom is -0.369 e. The van der Waals surface area contributed by atoms with Gasteiger partial charge in [-0.2, -0.15) is 0 Å². The van der Waals surface area contributed by atoms with Gasteiger partial charge in [0.2, 0.25) is 11.8 Å². The Kier molecular flexibility index (Phi) is 6.90. The molecule has 0 saturated carbocycles. The lowest BCUT2D eigenvalue weighted by Crippen LogP contribution is -2.48. The molecule has 2 aliphatic rings. The molecule has 0 aromatic heterocycles. The summed E-state index contributed by atoms with van der Waals surface area (Å²) in [7, 11) is 0. The molecule has 0 bridgehead atoms. The molecule has 0 aromatic rings. The van der Waals surface area contributed by atoms with Crippen LogP contribution in [0.2, 0.25) is 0 Å². The predicted molar refractivity (Wildman–Crippen MR) is 83.9 cm³/mol. The monoisotopic (exact) mass is 318 g/mol. The molecule has 2 aliphatic heterocycles. The molecule has 21 heavy (non-hydrogen) atoms. The molecular weight excluding hydrogens is 292 g/mol. The fraction of sp³-hybridized carbons (Fsp3) is 0.857. The molecule has 0 spiro atoms. The number of nitrogens with zero attached hydrogens (tertiary/aromatic N) is 2. The maximum atomic E-state index is 12.4. The quantitative estimate of drug-likeness (QED) is 0.751. The second-order valence-electron chi connectivity index (χ2n) is 6.20. The molecule has 0 aliphatic carbocycles. The predicted octanol–water partition coefficient (Wildman–Crippen LogP) is -0.199. The van der Waals surface area contributed by atoms with Crippen molar-refractivity contribution in [2.45, 2.75) is 32.2 Å². The highest BCUT2D eigenvalue weighted by molar-refractivity contribution is 5.85. The minimum absolute atomic E-state index is 0. The van der Waals surface area contributed by atoms with Gasteiger partial charge in [-0.1, -0.05) is 0 Å². The summed E-state index contributed by atoms with van der Waals surface area (Å²) < 4.78 is 0. The molecule has 0 aromatic carbocycles. The Morgan fingerprint density at radius 3 is 2.57 bits per heavy atom. The summed E-state index contributed by atoms with van der Waals surface area (Å²) in [5.74, 6) is 0.138. The third-order valence-electron chi connectivity index (χ3n) is 4.64. The van der Waals surface area contributed by atoms with Crippen LogP contribution in [0.1, 0.15) is 26.2 Å². The Morgan fingerprint density at radius 2 is 2.00 bits per heavy atom. The van der Waals surface area contributed by atoms with Crippen LogP contribution in [0.5, 0.6) is 0 Å². The van der Waals surface area contributed by atoms with E-state index in [2.05, 4.69) is 11.8 Å². The lowest BCUT2D eigenvalue weighted by Gasteiger charge is -2.33. The summed E-state index contributed by atoms with van der Waals surface area (Å²) in [6.07, 6.45) is 2.72. The van der Waals surface area contributed by atoms with Crippen molar-refractivity contribution in [1.29, 1.82) is 0 Å². The van der Waals surface area contributed by atoms with Crippen molar-refractivity contribution in [2.75, 3.05) is 32.7 Å². The summed E-state index contributed by atoms with van der Waals surface area (Å²) >= 11 is 0. The van der Waals surface area contributed by atoms with Crippen LogP contribution in [-0.4, -0.2) is 60.4 Å². The molecule has 6 nitrogen and oxygen atoms in total. The molecule has 3 atom stereocenters. The van der Waals surface area contributed by atoms with Gasteiger partial charge in [-0.25, -0.2) is 0 Å². The standard InChI is InChI=1S/C14H26N4O2.ClH/c1-10-5-11(6-15)7-18(10)9-13(19)17-4-2-3-12(8-17)14(16)20;/h10-12H,2-9,15H2,1H3,(H2,16,20);1H. The molecule has 2 fully saturated rings. The van der Waals surface area contributed by atoms with E-state index in [1.54, 1.807) is 4.90 Å². The van der Waals surface area contributed by atoms with E-state index in [0.29, 0.717) is 31.6 Å². The zero-order valence-electron chi connectivity index (χ0n) is 12.7. The van der Waals surface area contributed by atoms with Gasteiger partial charge in [-0.15, -0.1) is 12.4 Å². The topological polar surface area (TPSA) is 92.7 Å². The fourth-order valence-corrected chi connectivity index (χ4v) is 3.32. The molecule has 2 saturated heterocycles. The Bertz CT molecular complexity index is 380. The Balaban J connectivity index is 0.00000220. The average Bonchev–Trinajstić information content (AvgIpc) is 2.79. The average molecular weight is 319 g/mol. The molecule has 7 heteroatoms. The first-order valence-electron chi connectivity index (χ1n) is 7.52. The number of halogens is 1. The van der Waals surface area contributed by atoms with Crippen molar-refractivity contribution in [3.63, 3.8) is 0 Å². The number of piperidine rings is 1. The Labute approximate surface area is 132 Å². The number of hydrogen-bond acceptors (Lipinski definition) is 4. The van der Waals surface area contributed by atoms with Gasteiger partial charge < -0.3 is 16.4 Å². The highest BCUT2D eigenvalue weighted by atomic mass is 35.5. The molecule has 2 amide bonds. The second kappa shape index (κ2) is 7.96. The molecule has 4 N–H and O–H groups in total. The van der Waals surface area contributed by atoms with Gasteiger partial charge in [0.05, 0.1) is 12.5 Å². The number of carbonyl (C=O) groups is 2. The van der Waals surface area contributed by atoms with Crippen LogP contribution in [0.4, 0.5) is 0 Å². The van der Waals surface area contributed by atoms with Gasteiger partial charge in [0.25, 0.3) is 0 Å².